The lowest BCUT2D eigenvalue weighted by Gasteiger charge is -2.26. The molecule has 0 unspecified atom stereocenters. The van der Waals surface area contributed by atoms with Crippen LogP contribution in [-0.4, -0.2) is 53.7 Å². The summed E-state index contributed by atoms with van der Waals surface area (Å²) in [7, 11) is 0. The van der Waals surface area contributed by atoms with Crippen molar-refractivity contribution in [2.45, 2.75) is 59.2 Å². The minimum Gasteiger partial charge on any atom is -0.459 e. The molecule has 0 radical (unpaired) electrons. The molecule has 0 bridgehead atoms. The quantitative estimate of drug-likeness (QED) is 0.208. The Morgan fingerprint density at radius 2 is 1.24 bits per heavy atom. The van der Waals surface area contributed by atoms with Crippen LogP contribution >= 0.6 is 0 Å². The van der Waals surface area contributed by atoms with Gasteiger partial charge in [0.1, 0.15) is 23.3 Å². The molecule has 0 aliphatic carbocycles. The van der Waals surface area contributed by atoms with Gasteiger partial charge in [-0.15, -0.1) is 0 Å². The summed E-state index contributed by atoms with van der Waals surface area (Å²) in [4.78, 5) is 37.1. The molecular weight excluding hydrogens is 455 g/mol. The molecule has 12 heteroatoms. The van der Waals surface area contributed by atoms with Crippen molar-refractivity contribution in [1.29, 1.82) is 0 Å². The number of alkyl carbamates (subject to hydrolysis) is 1. The van der Waals surface area contributed by atoms with Crippen LogP contribution in [-0.2, 0) is 14.3 Å². The SMILES string of the molecule is CC(C)(C)OC(=O)CN(CCCNC(=O)OC(C)(C)C)C(=O)c1c(F)c(F)c(F)c(F)c1F. The van der Waals surface area contributed by atoms with Crippen molar-refractivity contribution >= 4 is 18.0 Å². The van der Waals surface area contributed by atoms with Gasteiger partial charge in [-0.3, -0.25) is 9.59 Å². The summed E-state index contributed by atoms with van der Waals surface area (Å²) in [6.07, 6.45) is -0.810. The molecule has 0 saturated heterocycles. The van der Waals surface area contributed by atoms with Gasteiger partial charge in [-0.1, -0.05) is 0 Å². The number of carbonyl (C=O) groups excluding carboxylic acids is 3. The van der Waals surface area contributed by atoms with E-state index in [0.29, 0.717) is 4.90 Å². The van der Waals surface area contributed by atoms with E-state index in [0.717, 1.165) is 0 Å². The summed E-state index contributed by atoms with van der Waals surface area (Å²) in [5, 5.41) is 2.38. The molecule has 7 nitrogen and oxygen atoms in total. The highest BCUT2D eigenvalue weighted by Gasteiger charge is 2.33. The number of benzene rings is 1. The minimum atomic E-state index is -2.41. The van der Waals surface area contributed by atoms with Crippen molar-refractivity contribution in [2.75, 3.05) is 19.6 Å². The fourth-order valence-electron chi connectivity index (χ4n) is 2.51. The van der Waals surface area contributed by atoms with Crippen molar-refractivity contribution < 1.29 is 45.8 Å². The largest absolute Gasteiger partial charge is 0.459 e. The molecular formula is C21H27F5N2O5. The Balaban J connectivity index is 3.08. The third-order valence-electron chi connectivity index (χ3n) is 3.72. The number of amides is 2. The first-order valence-corrected chi connectivity index (χ1v) is 9.94. The van der Waals surface area contributed by atoms with Gasteiger partial charge >= 0.3 is 12.1 Å². The van der Waals surface area contributed by atoms with E-state index in [1.165, 1.54) is 20.8 Å². The summed E-state index contributed by atoms with van der Waals surface area (Å²) in [5.41, 5.74) is -3.43. The van der Waals surface area contributed by atoms with E-state index in [4.69, 9.17) is 9.47 Å². The predicted octanol–water partition coefficient (Wildman–Crippen LogP) is 4.08. The second-order valence-corrected chi connectivity index (χ2v) is 9.04. The number of hydrogen-bond donors (Lipinski definition) is 1. The average molecular weight is 482 g/mol. The van der Waals surface area contributed by atoms with E-state index in [-0.39, 0.29) is 19.5 Å². The summed E-state index contributed by atoms with van der Waals surface area (Å²) >= 11 is 0. The highest BCUT2D eigenvalue weighted by atomic mass is 19.2. The predicted molar refractivity (Wildman–Crippen MR) is 107 cm³/mol. The van der Waals surface area contributed by atoms with Gasteiger partial charge in [0.05, 0.1) is 0 Å². The highest BCUT2D eigenvalue weighted by molar-refractivity contribution is 5.96. The van der Waals surface area contributed by atoms with Crippen LogP contribution < -0.4 is 5.32 Å². The Hall–Kier alpha value is -2.92. The maximum Gasteiger partial charge on any atom is 0.407 e. The molecule has 1 aromatic rings. The molecule has 0 spiro atoms. The Bertz CT molecular complexity index is 881. The lowest BCUT2D eigenvalue weighted by Crippen LogP contribution is -2.41. The molecule has 186 valence electrons. The number of nitrogens with one attached hydrogen (secondary N) is 1. The summed E-state index contributed by atoms with van der Waals surface area (Å²) in [6, 6.07) is 0. The van der Waals surface area contributed by atoms with Gasteiger partial charge in [0.15, 0.2) is 23.3 Å². The van der Waals surface area contributed by atoms with Crippen LogP contribution in [0.5, 0.6) is 0 Å². The van der Waals surface area contributed by atoms with E-state index in [1.54, 1.807) is 20.8 Å². The van der Waals surface area contributed by atoms with Gasteiger partial charge in [0, 0.05) is 13.1 Å². The molecule has 2 amide bonds. The number of esters is 1. The maximum absolute atomic E-state index is 14.1. The van der Waals surface area contributed by atoms with Crippen LogP contribution in [0.1, 0.15) is 58.3 Å². The Labute approximate surface area is 188 Å². The summed E-state index contributed by atoms with van der Waals surface area (Å²) < 4.78 is 78.8. The normalized spacial score (nSPS) is 11.7. The molecule has 0 aliphatic rings. The van der Waals surface area contributed by atoms with Crippen LogP contribution in [0.15, 0.2) is 0 Å². The fraction of sp³-hybridized carbons (Fsp3) is 0.571. The lowest BCUT2D eigenvalue weighted by molar-refractivity contribution is -0.155. The number of rotatable bonds is 7. The molecule has 0 atom stereocenters. The third kappa shape index (κ3) is 8.50. The Morgan fingerprint density at radius 1 is 0.788 bits per heavy atom. The van der Waals surface area contributed by atoms with Gasteiger partial charge in [0.25, 0.3) is 5.91 Å². The van der Waals surface area contributed by atoms with Gasteiger partial charge in [-0.25, -0.2) is 26.7 Å². The van der Waals surface area contributed by atoms with Crippen LogP contribution in [0, 0.1) is 29.1 Å². The number of ether oxygens (including phenoxy) is 2. The van der Waals surface area contributed by atoms with Crippen LogP contribution in [0.2, 0.25) is 0 Å². The first-order valence-electron chi connectivity index (χ1n) is 9.94. The molecule has 0 heterocycles. The number of halogens is 5. The standard InChI is InChI=1S/C21H27F5N2O5/c1-20(2,3)32-11(29)10-28(9-7-8-27-19(31)33-21(4,5)6)18(30)12-13(22)15(24)17(26)16(25)14(12)23/h7-10H2,1-6H3,(H,27,31). The Morgan fingerprint density at radius 3 is 1.70 bits per heavy atom. The zero-order chi connectivity index (χ0) is 25.7. The van der Waals surface area contributed by atoms with Gasteiger partial charge < -0.3 is 19.7 Å². The van der Waals surface area contributed by atoms with E-state index in [1.807, 2.05) is 0 Å². The zero-order valence-electron chi connectivity index (χ0n) is 19.2. The third-order valence-corrected chi connectivity index (χ3v) is 3.72. The van der Waals surface area contributed by atoms with Crippen LogP contribution in [0.25, 0.3) is 0 Å². The molecule has 1 aromatic carbocycles. The number of carbonyl (C=O) groups is 3. The van der Waals surface area contributed by atoms with Crippen LogP contribution in [0.3, 0.4) is 0 Å². The van der Waals surface area contributed by atoms with E-state index < -0.39 is 70.4 Å². The highest BCUT2D eigenvalue weighted by Crippen LogP contribution is 2.24. The minimum absolute atomic E-state index is 0.0385. The average Bonchev–Trinajstić information content (AvgIpc) is 2.64. The molecule has 0 fully saturated rings. The monoisotopic (exact) mass is 482 g/mol. The molecule has 0 aromatic heterocycles. The zero-order valence-corrected chi connectivity index (χ0v) is 19.2. The van der Waals surface area contributed by atoms with Crippen LogP contribution in [0.4, 0.5) is 26.7 Å². The topological polar surface area (TPSA) is 84.9 Å². The van der Waals surface area contributed by atoms with E-state index in [9.17, 15) is 36.3 Å². The smallest absolute Gasteiger partial charge is 0.407 e. The van der Waals surface area contributed by atoms with Crippen molar-refractivity contribution in [3.8, 4) is 0 Å². The molecule has 1 N–H and O–H groups in total. The first-order chi connectivity index (χ1) is 14.9. The summed E-state index contributed by atoms with van der Waals surface area (Å²) in [5.74, 6) is -14.2. The molecule has 0 saturated carbocycles. The number of hydrogen-bond acceptors (Lipinski definition) is 5. The van der Waals surface area contributed by atoms with E-state index in [2.05, 4.69) is 5.32 Å². The second kappa shape index (κ2) is 10.8. The second-order valence-electron chi connectivity index (χ2n) is 9.04. The first kappa shape index (κ1) is 28.1. The fourth-order valence-corrected chi connectivity index (χ4v) is 2.51. The van der Waals surface area contributed by atoms with Gasteiger partial charge in [-0.2, -0.15) is 0 Å². The number of nitrogens with zero attached hydrogens (tertiary/aromatic N) is 1. The van der Waals surface area contributed by atoms with Crippen molar-refractivity contribution in [1.82, 2.24) is 10.2 Å². The maximum atomic E-state index is 14.1. The van der Waals surface area contributed by atoms with Crippen molar-refractivity contribution in [3.63, 3.8) is 0 Å². The van der Waals surface area contributed by atoms with Gasteiger partial charge in [0.2, 0.25) is 5.82 Å². The Kier molecular flexibility index (Phi) is 9.20. The molecule has 33 heavy (non-hydrogen) atoms. The lowest BCUT2D eigenvalue weighted by atomic mass is 10.1. The van der Waals surface area contributed by atoms with E-state index >= 15 is 0 Å². The van der Waals surface area contributed by atoms with Gasteiger partial charge in [-0.05, 0) is 48.0 Å². The molecule has 0 aliphatic heterocycles. The van der Waals surface area contributed by atoms with Crippen molar-refractivity contribution in [2.24, 2.45) is 0 Å². The molecule has 1 rings (SSSR count). The van der Waals surface area contributed by atoms with Crippen molar-refractivity contribution in [3.05, 3.63) is 34.6 Å². The summed E-state index contributed by atoms with van der Waals surface area (Å²) in [6.45, 7) is 8.22.